The van der Waals surface area contributed by atoms with Crippen LogP contribution < -0.4 is 21.1 Å². The Labute approximate surface area is 166 Å². The van der Waals surface area contributed by atoms with Crippen LogP contribution in [0.4, 0.5) is 21.6 Å². The molecule has 1 fully saturated rings. The maximum Gasteiger partial charge on any atom is 0.328 e. The minimum absolute atomic E-state index is 0.191. The van der Waals surface area contributed by atoms with Gasteiger partial charge in [-0.15, -0.1) is 0 Å². The van der Waals surface area contributed by atoms with Gasteiger partial charge in [0.25, 0.3) is 0 Å². The minimum Gasteiger partial charge on any atom is -0.368 e. The Bertz CT molecular complexity index is 873. The highest BCUT2D eigenvalue weighted by Gasteiger charge is 2.18. The second-order valence-electron chi connectivity index (χ2n) is 6.32. The fraction of sp³-hybridized carbons (Fsp3) is 0.278. The van der Waals surface area contributed by atoms with E-state index in [1.807, 2.05) is 6.07 Å². The second-order valence-corrected chi connectivity index (χ2v) is 6.73. The van der Waals surface area contributed by atoms with Gasteiger partial charge in [0.1, 0.15) is 0 Å². The molecule has 1 aromatic heterocycles. The molecule has 2 aromatic rings. The molecule has 1 aromatic carbocycles. The Morgan fingerprint density at radius 1 is 1.14 bits per heavy atom. The van der Waals surface area contributed by atoms with E-state index < -0.39 is 17.6 Å². The van der Waals surface area contributed by atoms with Gasteiger partial charge in [0.15, 0.2) is 11.6 Å². The first-order chi connectivity index (χ1) is 13.4. The first-order valence-corrected chi connectivity index (χ1v) is 9.03. The fourth-order valence-electron chi connectivity index (χ4n) is 2.73. The molecule has 0 bridgehead atoms. The van der Waals surface area contributed by atoms with E-state index in [-0.39, 0.29) is 5.82 Å². The molecule has 0 radical (unpaired) electrons. The van der Waals surface area contributed by atoms with Gasteiger partial charge in [0.2, 0.25) is 0 Å². The molecular weight excluding hydrogens is 387 g/mol. The fourth-order valence-corrected chi connectivity index (χ4v) is 3.03. The van der Waals surface area contributed by atoms with Crippen molar-refractivity contribution >= 4 is 40.6 Å². The number of hydrogen-bond donors (Lipinski definition) is 3. The number of nitrogens with zero attached hydrogens (tertiary/aromatic N) is 3. The smallest absolute Gasteiger partial charge is 0.328 e. The molecule has 0 spiro atoms. The van der Waals surface area contributed by atoms with Crippen molar-refractivity contribution in [2.45, 2.75) is 0 Å². The Morgan fingerprint density at radius 3 is 2.57 bits per heavy atom. The van der Waals surface area contributed by atoms with Crippen LogP contribution in [0.5, 0.6) is 0 Å². The van der Waals surface area contributed by atoms with E-state index in [1.54, 1.807) is 12.1 Å². The third kappa shape index (κ3) is 4.87. The van der Waals surface area contributed by atoms with Crippen molar-refractivity contribution in [2.75, 3.05) is 48.9 Å². The van der Waals surface area contributed by atoms with Crippen molar-refractivity contribution in [3.63, 3.8) is 0 Å². The molecular formula is C18H20ClFN6O2. The van der Waals surface area contributed by atoms with Crippen LogP contribution >= 0.6 is 11.6 Å². The minimum atomic E-state index is -0.996. The highest BCUT2D eigenvalue weighted by atomic mass is 35.5. The Balaban J connectivity index is 1.57. The van der Waals surface area contributed by atoms with E-state index in [4.69, 9.17) is 11.6 Å². The summed E-state index contributed by atoms with van der Waals surface area (Å²) < 4.78 is 13.4. The van der Waals surface area contributed by atoms with E-state index in [1.165, 1.54) is 18.3 Å². The molecule has 0 atom stereocenters. The molecule has 3 N–H and O–H groups in total. The standard InChI is InChI=1S/C18H20ClFN6O2/c1-25-7-9-26(10-8-25)15-5-4-12(11-13(15)19)22-17(27)18(28)24-23-16-14(20)3-2-6-21-16/h2-6,11H,7-10H2,1H3,(H,21,23)(H,22,27)(H,24,28). The highest BCUT2D eigenvalue weighted by molar-refractivity contribution is 6.40. The van der Waals surface area contributed by atoms with E-state index in [0.717, 1.165) is 31.9 Å². The van der Waals surface area contributed by atoms with Gasteiger partial charge in [-0.3, -0.25) is 20.4 Å². The number of amides is 2. The number of halogens is 2. The predicted molar refractivity (Wildman–Crippen MR) is 106 cm³/mol. The molecule has 2 heterocycles. The lowest BCUT2D eigenvalue weighted by Gasteiger charge is -2.34. The summed E-state index contributed by atoms with van der Waals surface area (Å²) in [4.78, 5) is 32.0. The largest absolute Gasteiger partial charge is 0.368 e. The number of hydrazine groups is 1. The van der Waals surface area contributed by atoms with Crippen molar-refractivity contribution in [3.8, 4) is 0 Å². The van der Waals surface area contributed by atoms with Crippen molar-refractivity contribution in [2.24, 2.45) is 0 Å². The molecule has 2 amide bonds. The molecule has 1 aliphatic heterocycles. The molecule has 28 heavy (non-hydrogen) atoms. The number of rotatable bonds is 4. The van der Waals surface area contributed by atoms with E-state index in [2.05, 4.69) is 38.0 Å². The number of pyridine rings is 1. The van der Waals surface area contributed by atoms with Crippen LogP contribution in [-0.2, 0) is 9.59 Å². The SMILES string of the molecule is CN1CCN(c2ccc(NC(=O)C(=O)NNc3ncccc3F)cc2Cl)CC1. The predicted octanol–water partition coefficient (Wildman–Crippen LogP) is 1.71. The molecule has 8 nitrogen and oxygen atoms in total. The number of carbonyl (C=O) groups excluding carboxylic acids is 2. The maximum atomic E-state index is 13.4. The van der Waals surface area contributed by atoms with Gasteiger partial charge >= 0.3 is 11.8 Å². The van der Waals surface area contributed by atoms with E-state index in [0.29, 0.717) is 10.7 Å². The first kappa shape index (κ1) is 19.8. The van der Waals surface area contributed by atoms with Gasteiger partial charge in [0.05, 0.1) is 10.7 Å². The van der Waals surface area contributed by atoms with Crippen LogP contribution in [0.15, 0.2) is 36.5 Å². The van der Waals surface area contributed by atoms with E-state index >= 15 is 0 Å². The summed E-state index contributed by atoms with van der Waals surface area (Å²) in [6.07, 6.45) is 1.35. The molecule has 148 valence electrons. The van der Waals surface area contributed by atoms with Gasteiger partial charge in [-0.25, -0.2) is 9.37 Å². The summed E-state index contributed by atoms with van der Waals surface area (Å²) in [5, 5.41) is 2.94. The number of hydrogen-bond acceptors (Lipinski definition) is 6. The van der Waals surface area contributed by atoms with Gasteiger partial charge in [-0.2, -0.15) is 0 Å². The van der Waals surface area contributed by atoms with Crippen LogP contribution in [0.2, 0.25) is 5.02 Å². The Kier molecular flexibility index (Phi) is 6.27. The monoisotopic (exact) mass is 406 g/mol. The normalized spacial score (nSPS) is 14.5. The van der Waals surface area contributed by atoms with Crippen LogP contribution in [0, 0.1) is 5.82 Å². The number of piperazine rings is 1. The lowest BCUT2D eigenvalue weighted by molar-refractivity contribution is -0.135. The summed E-state index contributed by atoms with van der Waals surface area (Å²) in [6.45, 7) is 3.61. The molecule has 3 rings (SSSR count). The van der Waals surface area contributed by atoms with Gasteiger partial charge in [-0.1, -0.05) is 11.6 Å². The van der Waals surface area contributed by atoms with E-state index in [9.17, 15) is 14.0 Å². The average molecular weight is 407 g/mol. The van der Waals surface area contributed by atoms with Crippen molar-refractivity contribution in [1.82, 2.24) is 15.3 Å². The molecule has 0 saturated carbocycles. The average Bonchev–Trinajstić information content (AvgIpc) is 2.68. The Hall–Kier alpha value is -2.91. The zero-order valence-corrected chi connectivity index (χ0v) is 16.0. The van der Waals surface area contributed by atoms with Gasteiger partial charge in [-0.05, 0) is 37.4 Å². The molecule has 0 aliphatic carbocycles. The second kappa shape index (κ2) is 8.85. The van der Waals surface area contributed by atoms with Crippen LogP contribution in [-0.4, -0.2) is 54.9 Å². The summed E-state index contributed by atoms with van der Waals surface area (Å²) in [6, 6.07) is 7.65. The molecule has 10 heteroatoms. The number of carbonyl (C=O) groups is 2. The third-order valence-electron chi connectivity index (χ3n) is 4.31. The lowest BCUT2D eigenvalue weighted by Crippen LogP contribution is -2.44. The summed E-state index contributed by atoms with van der Waals surface area (Å²) in [7, 11) is 2.07. The van der Waals surface area contributed by atoms with Gasteiger partial charge < -0.3 is 15.1 Å². The number of aromatic nitrogens is 1. The van der Waals surface area contributed by atoms with Crippen molar-refractivity contribution in [3.05, 3.63) is 47.4 Å². The highest BCUT2D eigenvalue weighted by Crippen LogP contribution is 2.29. The van der Waals surface area contributed by atoms with Crippen LogP contribution in [0.1, 0.15) is 0 Å². The van der Waals surface area contributed by atoms with Crippen LogP contribution in [0.3, 0.4) is 0 Å². The first-order valence-electron chi connectivity index (χ1n) is 8.65. The van der Waals surface area contributed by atoms with Crippen molar-refractivity contribution in [1.29, 1.82) is 0 Å². The number of benzene rings is 1. The summed E-state index contributed by atoms with van der Waals surface area (Å²) in [5.41, 5.74) is 5.62. The van der Waals surface area contributed by atoms with Gasteiger partial charge in [0, 0.05) is 38.1 Å². The Morgan fingerprint density at radius 2 is 1.89 bits per heavy atom. The number of anilines is 3. The van der Waals surface area contributed by atoms with Crippen LogP contribution in [0.25, 0.3) is 0 Å². The topological polar surface area (TPSA) is 89.6 Å². The third-order valence-corrected chi connectivity index (χ3v) is 4.61. The maximum absolute atomic E-state index is 13.4. The quantitative estimate of drug-likeness (QED) is 0.529. The van der Waals surface area contributed by atoms with Crippen molar-refractivity contribution < 1.29 is 14.0 Å². The summed E-state index contributed by atoms with van der Waals surface area (Å²) >= 11 is 6.35. The zero-order chi connectivity index (χ0) is 20.1. The summed E-state index contributed by atoms with van der Waals surface area (Å²) in [5.74, 6) is -2.77. The lowest BCUT2D eigenvalue weighted by atomic mass is 10.2. The molecule has 1 saturated heterocycles. The molecule has 1 aliphatic rings. The number of likely N-dealkylation sites (N-methyl/N-ethyl adjacent to an activating group) is 1. The zero-order valence-electron chi connectivity index (χ0n) is 15.2. The molecule has 0 unspecified atom stereocenters. The number of nitrogens with one attached hydrogen (secondary N) is 3.